The quantitative estimate of drug-likeness (QED) is 0.455. The van der Waals surface area contributed by atoms with E-state index in [1.807, 2.05) is 6.07 Å². The normalized spacial score (nSPS) is 16.0. The second kappa shape index (κ2) is 5.57. The number of phenolic OH excluding ortho intramolecular Hbond substituents is 2. The number of ether oxygens (including phenoxy) is 1. The van der Waals surface area contributed by atoms with E-state index >= 15 is 0 Å². The van der Waals surface area contributed by atoms with Crippen LogP contribution in [0.4, 0.5) is 0 Å². The van der Waals surface area contributed by atoms with Crippen LogP contribution in [0.2, 0.25) is 0 Å². The Morgan fingerprint density at radius 1 is 1.12 bits per heavy atom. The third-order valence-corrected chi connectivity index (χ3v) is 4.31. The van der Waals surface area contributed by atoms with Crippen LogP contribution in [0.25, 0.3) is 11.0 Å². The maximum atomic E-state index is 12.7. The summed E-state index contributed by atoms with van der Waals surface area (Å²) in [6, 6.07) is 12.8. The molecule has 1 aliphatic rings. The van der Waals surface area contributed by atoms with Crippen LogP contribution in [0, 0.1) is 11.3 Å². The molecule has 0 spiro atoms. The molecule has 7 nitrogen and oxygen atoms in total. The molecule has 0 amide bonds. The van der Waals surface area contributed by atoms with E-state index in [9.17, 15) is 20.3 Å². The summed E-state index contributed by atoms with van der Waals surface area (Å²) in [6.07, 6.45) is 0. The predicted molar refractivity (Wildman–Crippen MR) is 91.6 cm³/mol. The number of allylic oxidation sites excluding steroid dienone is 1. The number of phenols is 2. The third kappa shape index (κ3) is 2.17. The van der Waals surface area contributed by atoms with Crippen molar-refractivity contribution < 1.29 is 19.4 Å². The molecule has 2 heterocycles. The van der Waals surface area contributed by atoms with Gasteiger partial charge in [0, 0.05) is 0 Å². The number of nitrogens with zero attached hydrogens (tertiary/aromatic N) is 1. The van der Waals surface area contributed by atoms with Crippen LogP contribution >= 0.6 is 0 Å². The van der Waals surface area contributed by atoms with Gasteiger partial charge in [0.2, 0.25) is 5.88 Å². The van der Waals surface area contributed by atoms with Crippen LogP contribution in [-0.4, -0.2) is 10.2 Å². The Balaban J connectivity index is 2.08. The first kappa shape index (κ1) is 15.6. The predicted octanol–water partition coefficient (Wildman–Crippen LogP) is 2.42. The monoisotopic (exact) mass is 348 g/mol. The first-order valence-electron chi connectivity index (χ1n) is 7.66. The van der Waals surface area contributed by atoms with Crippen molar-refractivity contribution >= 4 is 11.0 Å². The van der Waals surface area contributed by atoms with Crippen LogP contribution in [0.1, 0.15) is 17.0 Å². The lowest BCUT2D eigenvalue weighted by Crippen LogP contribution is -2.26. The van der Waals surface area contributed by atoms with Gasteiger partial charge >= 0.3 is 5.63 Å². The Morgan fingerprint density at radius 3 is 2.62 bits per heavy atom. The molecule has 2 aromatic carbocycles. The first-order chi connectivity index (χ1) is 12.5. The summed E-state index contributed by atoms with van der Waals surface area (Å²) in [7, 11) is 0. The van der Waals surface area contributed by atoms with Crippen LogP contribution in [0.3, 0.4) is 0 Å². The number of rotatable bonds is 1. The van der Waals surface area contributed by atoms with Gasteiger partial charge in [-0.05, 0) is 29.8 Å². The molecule has 0 radical (unpaired) electrons. The van der Waals surface area contributed by atoms with Gasteiger partial charge in [0.1, 0.15) is 17.2 Å². The number of nitrogens with two attached hydrogens (primary N) is 1. The summed E-state index contributed by atoms with van der Waals surface area (Å²) in [5.41, 5.74) is 6.12. The summed E-state index contributed by atoms with van der Waals surface area (Å²) in [5, 5.41) is 29.5. The van der Waals surface area contributed by atoms with Crippen LogP contribution in [0.5, 0.6) is 17.2 Å². The maximum Gasteiger partial charge on any atom is 0.344 e. The number of nitriles is 1. The van der Waals surface area contributed by atoms with Crippen molar-refractivity contribution in [1.29, 1.82) is 5.26 Å². The summed E-state index contributed by atoms with van der Waals surface area (Å²) in [4.78, 5) is 12.7. The molecule has 7 heteroatoms. The van der Waals surface area contributed by atoms with Gasteiger partial charge in [-0.2, -0.15) is 5.26 Å². The highest BCUT2D eigenvalue weighted by Crippen LogP contribution is 2.44. The average molecular weight is 348 g/mol. The van der Waals surface area contributed by atoms with E-state index in [2.05, 4.69) is 0 Å². The zero-order valence-electron chi connectivity index (χ0n) is 13.3. The van der Waals surface area contributed by atoms with E-state index in [1.165, 1.54) is 18.2 Å². The molecule has 1 aliphatic heterocycles. The minimum atomic E-state index is -0.892. The first-order valence-corrected chi connectivity index (χ1v) is 7.66. The number of hydrogen-bond acceptors (Lipinski definition) is 7. The second-order valence-corrected chi connectivity index (χ2v) is 5.80. The Bertz CT molecular complexity index is 1190. The highest BCUT2D eigenvalue weighted by Gasteiger charge is 2.35. The molecule has 0 aliphatic carbocycles. The number of hydrogen-bond donors (Lipinski definition) is 3. The molecule has 1 aromatic heterocycles. The van der Waals surface area contributed by atoms with Crippen molar-refractivity contribution in [1.82, 2.24) is 0 Å². The fraction of sp³-hybridized carbons (Fsp3) is 0.0526. The van der Waals surface area contributed by atoms with E-state index in [-0.39, 0.29) is 34.3 Å². The van der Waals surface area contributed by atoms with Crippen molar-refractivity contribution in [2.45, 2.75) is 5.92 Å². The van der Waals surface area contributed by atoms with Gasteiger partial charge in [-0.3, -0.25) is 0 Å². The van der Waals surface area contributed by atoms with Crippen LogP contribution in [0.15, 0.2) is 63.1 Å². The zero-order chi connectivity index (χ0) is 18.4. The second-order valence-electron chi connectivity index (χ2n) is 5.80. The van der Waals surface area contributed by atoms with Gasteiger partial charge in [-0.1, -0.05) is 18.2 Å². The number of para-hydroxylation sites is 1. The largest absolute Gasteiger partial charge is 0.504 e. The standard InChI is InChI=1S/C19H12N2O5/c20-8-11-15(9-5-6-12(22)13(23)7-9)16-17(26-18(11)21)10-3-1-2-4-14(10)25-19(16)24/h1-7,15,22-23H,21H2/t15-/m1/s1. The zero-order valence-corrected chi connectivity index (χ0v) is 13.3. The molecule has 26 heavy (non-hydrogen) atoms. The van der Waals surface area contributed by atoms with Crippen molar-refractivity contribution in [2.75, 3.05) is 0 Å². The van der Waals surface area contributed by atoms with Gasteiger partial charge in [-0.15, -0.1) is 0 Å². The summed E-state index contributed by atoms with van der Waals surface area (Å²) < 4.78 is 11.0. The van der Waals surface area contributed by atoms with Crippen molar-refractivity contribution in [2.24, 2.45) is 5.73 Å². The fourth-order valence-corrected chi connectivity index (χ4v) is 3.12. The van der Waals surface area contributed by atoms with Crippen LogP contribution in [-0.2, 0) is 0 Å². The van der Waals surface area contributed by atoms with E-state index in [0.29, 0.717) is 16.5 Å². The Labute approximate surface area is 146 Å². The van der Waals surface area contributed by atoms with Crippen molar-refractivity contribution in [3.63, 3.8) is 0 Å². The van der Waals surface area contributed by atoms with Gasteiger partial charge in [0.05, 0.1) is 16.9 Å². The molecule has 4 rings (SSSR count). The number of benzene rings is 2. The van der Waals surface area contributed by atoms with Gasteiger partial charge in [0.25, 0.3) is 0 Å². The molecule has 0 unspecified atom stereocenters. The summed E-state index contributed by atoms with van der Waals surface area (Å²) in [5.74, 6) is -1.51. The summed E-state index contributed by atoms with van der Waals surface area (Å²) in [6.45, 7) is 0. The van der Waals surface area contributed by atoms with Gasteiger partial charge in [0.15, 0.2) is 17.2 Å². The maximum absolute atomic E-state index is 12.7. The van der Waals surface area contributed by atoms with E-state index in [1.54, 1.807) is 24.3 Å². The molecular formula is C19H12N2O5. The van der Waals surface area contributed by atoms with Gasteiger partial charge < -0.3 is 25.1 Å². The van der Waals surface area contributed by atoms with E-state index in [0.717, 1.165) is 0 Å². The highest BCUT2D eigenvalue weighted by molar-refractivity contribution is 5.86. The Morgan fingerprint density at radius 2 is 1.88 bits per heavy atom. The lowest BCUT2D eigenvalue weighted by molar-refractivity contribution is 0.386. The molecule has 0 saturated carbocycles. The number of fused-ring (bicyclic) bond motifs is 3. The minimum Gasteiger partial charge on any atom is -0.504 e. The molecule has 128 valence electrons. The fourth-order valence-electron chi connectivity index (χ4n) is 3.12. The molecular weight excluding hydrogens is 336 g/mol. The van der Waals surface area contributed by atoms with E-state index in [4.69, 9.17) is 14.9 Å². The average Bonchev–Trinajstić information content (AvgIpc) is 2.63. The molecule has 1 atom stereocenters. The topological polar surface area (TPSA) is 130 Å². The van der Waals surface area contributed by atoms with Gasteiger partial charge in [-0.25, -0.2) is 4.79 Å². The Kier molecular flexibility index (Phi) is 3.34. The smallest absolute Gasteiger partial charge is 0.344 e. The van der Waals surface area contributed by atoms with Crippen molar-refractivity contribution in [3.8, 4) is 23.3 Å². The SMILES string of the molecule is N#CC1=C(N)Oc2c(c(=O)oc3ccccc23)[C@@H]1c1ccc(O)c(O)c1. The summed E-state index contributed by atoms with van der Waals surface area (Å²) >= 11 is 0. The van der Waals surface area contributed by atoms with Crippen LogP contribution < -0.4 is 16.1 Å². The Hall–Kier alpha value is -3.92. The van der Waals surface area contributed by atoms with Crippen molar-refractivity contribution in [3.05, 3.63) is 75.5 Å². The molecule has 0 fully saturated rings. The number of aromatic hydroxyl groups is 2. The lowest BCUT2D eigenvalue weighted by Gasteiger charge is -2.26. The third-order valence-electron chi connectivity index (χ3n) is 4.31. The molecule has 0 saturated heterocycles. The molecule has 4 N–H and O–H groups in total. The molecule has 0 bridgehead atoms. The molecule has 3 aromatic rings. The lowest BCUT2D eigenvalue weighted by atomic mass is 9.83. The highest BCUT2D eigenvalue weighted by atomic mass is 16.5. The van der Waals surface area contributed by atoms with E-state index < -0.39 is 11.5 Å². The minimum absolute atomic E-state index is 0.0187.